The standard InChI is InChI=1S/C17H30N4/c1-3-21-15(12-14(2)19-21)13-16(18)17(8-4-5-9-17)20-10-6-7-11-20/h12,16H,3-11,13,18H2,1-2H3. The summed E-state index contributed by atoms with van der Waals surface area (Å²) in [6.45, 7) is 7.67. The van der Waals surface area contributed by atoms with E-state index < -0.39 is 0 Å². The fourth-order valence-corrected chi connectivity index (χ4v) is 4.52. The minimum absolute atomic E-state index is 0.236. The molecule has 2 N–H and O–H groups in total. The van der Waals surface area contributed by atoms with Crippen molar-refractivity contribution >= 4 is 0 Å². The van der Waals surface area contributed by atoms with Gasteiger partial charge in [0.25, 0.3) is 0 Å². The van der Waals surface area contributed by atoms with Gasteiger partial charge in [-0.1, -0.05) is 12.8 Å². The molecule has 1 saturated heterocycles. The summed E-state index contributed by atoms with van der Waals surface area (Å²) in [6, 6.07) is 2.45. The summed E-state index contributed by atoms with van der Waals surface area (Å²) in [5, 5.41) is 4.58. The minimum Gasteiger partial charge on any atom is -0.326 e. The smallest absolute Gasteiger partial charge is 0.0596 e. The molecule has 0 amide bonds. The molecule has 1 unspecified atom stereocenters. The van der Waals surface area contributed by atoms with Crippen LogP contribution in [0.25, 0.3) is 0 Å². The van der Waals surface area contributed by atoms with E-state index >= 15 is 0 Å². The van der Waals surface area contributed by atoms with Gasteiger partial charge < -0.3 is 5.73 Å². The molecule has 0 radical (unpaired) electrons. The molecule has 1 saturated carbocycles. The van der Waals surface area contributed by atoms with Crippen LogP contribution in [0.5, 0.6) is 0 Å². The Morgan fingerprint density at radius 3 is 2.52 bits per heavy atom. The van der Waals surface area contributed by atoms with Crippen molar-refractivity contribution in [3.05, 3.63) is 17.5 Å². The van der Waals surface area contributed by atoms with E-state index in [-0.39, 0.29) is 11.6 Å². The maximum atomic E-state index is 6.78. The second-order valence-electron chi connectivity index (χ2n) is 6.91. The van der Waals surface area contributed by atoms with Crippen LogP contribution in [0.1, 0.15) is 56.8 Å². The average Bonchev–Trinajstić information content (AvgIpc) is 3.19. The van der Waals surface area contributed by atoms with Crippen molar-refractivity contribution in [2.24, 2.45) is 5.73 Å². The molecule has 2 fully saturated rings. The predicted octanol–water partition coefficient (Wildman–Crippen LogP) is 2.49. The Bertz CT molecular complexity index is 467. The topological polar surface area (TPSA) is 47.1 Å². The van der Waals surface area contributed by atoms with Crippen molar-refractivity contribution in [1.82, 2.24) is 14.7 Å². The summed E-state index contributed by atoms with van der Waals surface area (Å²) in [6.07, 6.45) is 8.92. The monoisotopic (exact) mass is 290 g/mol. The lowest BCUT2D eigenvalue weighted by Gasteiger charge is -2.43. The van der Waals surface area contributed by atoms with E-state index in [1.54, 1.807) is 0 Å². The molecule has 1 aromatic rings. The number of aryl methyl sites for hydroxylation is 2. The number of hydrogen-bond donors (Lipinski definition) is 1. The molecule has 2 aliphatic rings. The number of nitrogens with zero attached hydrogens (tertiary/aromatic N) is 3. The van der Waals surface area contributed by atoms with Crippen molar-refractivity contribution < 1.29 is 0 Å². The Morgan fingerprint density at radius 1 is 1.24 bits per heavy atom. The first kappa shape index (κ1) is 15.0. The van der Waals surface area contributed by atoms with Crippen LogP contribution < -0.4 is 5.73 Å². The van der Waals surface area contributed by atoms with Gasteiger partial charge >= 0.3 is 0 Å². The molecular formula is C17H30N4. The Balaban J connectivity index is 1.79. The van der Waals surface area contributed by atoms with Gasteiger partial charge in [0.2, 0.25) is 0 Å². The third kappa shape index (κ3) is 2.76. The van der Waals surface area contributed by atoms with Crippen LogP contribution in [0.15, 0.2) is 6.07 Å². The molecule has 0 spiro atoms. The Hall–Kier alpha value is -0.870. The normalized spacial score (nSPS) is 23.8. The lowest BCUT2D eigenvalue weighted by atomic mass is 9.84. The van der Waals surface area contributed by atoms with Crippen molar-refractivity contribution in [2.45, 2.75) is 76.9 Å². The Kier molecular flexibility index (Phi) is 4.36. The molecule has 0 aromatic carbocycles. The largest absolute Gasteiger partial charge is 0.326 e. The molecule has 118 valence electrons. The molecule has 1 aliphatic heterocycles. The SMILES string of the molecule is CCn1nc(C)cc1CC(N)C1(N2CCCC2)CCCC1. The van der Waals surface area contributed by atoms with Gasteiger partial charge in [0.1, 0.15) is 0 Å². The highest BCUT2D eigenvalue weighted by molar-refractivity contribution is 5.14. The van der Waals surface area contributed by atoms with Crippen molar-refractivity contribution in [3.8, 4) is 0 Å². The van der Waals surface area contributed by atoms with Gasteiger partial charge in [0.05, 0.1) is 5.69 Å². The third-order valence-corrected chi connectivity index (χ3v) is 5.61. The van der Waals surface area contributed by atoms with Crippen LogP contribution in [0.3, 0.4) is 0 Å². The van der Waals surface area contributed by atoms with E-state index in [1.807, 2.05) is 0 Å². The zero-order valence-corrected chi connectivity index (χ0v) is 13.6. The molecule has 3 rings (SSSR count). The van der Waals surface area contributed by atoms with Gasteiger partial charge in [-0.15, -0.1) is 0 Å². The number of nitrogens with two attached hydrogens (primary N) is 1. The van der Waals surface area contributed by atoms with E-state index in [9.17, 15) is 0 Å². The van der Waals surface area contributed by atoms with E-state index in [4.69, 9.17) is 5.73 Å². The zero-order valence-electron chi connectivity index (χ0n) is 13.6. The fourth-order valence-electron chi connectivity index (χ4n) is 4.52. The summed E-state index contributed by atoms with van der Waals surface area (Å²) in [7, 11) is 0. The third-order valence-electron chi connectivity index (χ3n) is 5.61. The highest BCUT2D eigenvalue weighted by Crippen LogP contribution is 2.40. The summed E-state index contributed by atoms with van der Waals surface area (Å²) < 4.78 is 2.13. The van der Waals surface area contributed by atoms with E-state index in [0.29, 0.717) is 0 Å². The molecular weight excluding hydrogens is 260 g/mol. The Morgan fingerprint density at radius 2 is 1.90 bits per heavy atom. The average molecular weight is 290 g/mol. The van der Waals surface area contributed by atoms with Gasteiger partial charge in [-0.2, -0.15) is 5.10 Å². The molecule has 4 heteroatoms. The van der Waals surface area contributed by atoms with Crippen LogP contribution in [0, 0.1) is 6.92 Å². The van der Waals surface area contributed by atoms with Crippen molar-refractivity contribution in [3.63, 3.8) is 0 Å². The second-order valence-corrected chi connectivity index (χ2v) is 6.91. The zero-order chi connectivity index (χ0) is 14.9. The highest BCUT2D eigenvalue weighted by atomic mass is 15.3. The molecule has 1 atom stereocenters. The first-order valence-electron chi connectivity index (χ1n) is 8.69. The highest BCUT2D eigenvalue weighted by Gasteiger charge is 2.45. The van der Waals surface area contributed by atoms with Gasteiger partial charge in [-0.05, 0) is 58.7 Å². The van der Waals surface area contributed by atoms with Crippen molar-refractivity contribution in [2.75, 3.05) is 13.1 Å². The van der Waals surface area contributed by atoms with Gasteiger partial charge in [-0.3, -0.25) is 9.58 Å². The number of likely N-dealkylation sites (tertiary alicyclic amines) is 1. The summed E-state index contributed by atoms with van der Waals surface area (Å²) in [5.41, 5.74) is 9.46. The van der Waals surface area contributed by atoms with Gasteiger partial charge in [-0.25, -0.2) is 0 Å². The van der Waals surface area contributed by atoms with Crippen LogP contribution in [0.2, 0.25) is 0 Å². The van der Waals surface area contributed by atoms with E-state index in [2.05, 4.69) is 34.6 Å². The molecule has 0 bridgehead atoms. The molecule has 21 heavy (non-hydrogen) atoms. The maximum absolute atomic E-state index is 6.78. The Labute approximate surface area is 128 Å². The maximum Gasteiger partial charge on any atom is 0.0596 e. The number of aromatic nitrogens is 2. The molecule has 1 aliphatic carbocycles. The lowest BCUT2D eigenvalue weighted by Crippen LogP contribution is -2.58. The van der Waals surface area contributed by atoms with E-state index in [0.717, 1.165) is 18.7 Å². The first-order valence-corrected chi connectivity index (χ1v) is 8.69. The van der Waals surface area contributed by atoms with Gasteiger partial charge in [0, 0.05) is 30.2 Å². The van der Waals surface area contributed by atoms with Crippen LogP contribution in [0.4, 0.5) is 0 Å². The number of hydrogen-bond acceptors (Lipinski definition) is 3. The van der Waals surface area contributed by atoms with E-state index in [1.165, 1.54) is 57.3 Å². The van der Waals surface area contributed by atoms with Gasteiger partial charge in [0.15, 0.2) is 0 Å². The first-order chi connectivity index (χ1) is 10.2. The molecule has 4 nitrogen and oxygen atoms in total. The van der Waals surface area contributed by atoms with Crippen LogP contribution in [-0.2, 0) is 13.0 Å². The predicted molar refractivity (Wildman–Crippen MR) is 86.3 cm³/mol. The summed E-state index contributed by atoms with van der Waals surface area (Å²) >= 11 is 0. The number of rotatable bonds is 5. The quantitative estimate of drug-likeness (QED) is 0.906. The van der Waals surface area contributed by atoms with Crippen LogP contribution in [-0.4, -0.2) is 39.4 Å². The second kappa shape index (κ2) is 6.09. The summed E-state index contributed by atoms with van der Waals surface area (Å²) in [4.78, 5) is 2.71. The fraction of sp³-hybridized carbons (Fsp3) is 0.824. The minimum atomic E-state index is 0.236. The van der Waals surface area contributed by atoms with Crippen molar-refractivity contribution in [1.29, 1.82) is 0 Å². The lowest BCUT2D eigenvalue weighted by molar-refractivity contribution is 0.0914. The molecule has 1 aromatic heterocycles. The molecule has 2 heterocycles. The summed E-state index contributed by atoms with van der Waals surface area (Å²) in [5.74, 6) is 0. The van der Waals surface area contributed by atoms with Crippen LogP contribution >= 0.6 is 0 Å².